The number of hydrogen-bond acceptors (Lipinski definition) is 3. The van der Waals surface area contributed by atoms with Gasteiger partial charge in [-0.25, -0.2) is 0 Å². The molecule has 0 aromatic heterocycles. The van der Waals surface area contributed by atoms with E-state index in [2.05, 4.69) is 48.2 Å². The Hall–Kier alpha value is -2.33. The van der Waals surface area contributed by atoms with Crippen LogP contribution in [0.1, 0.15) is 40.7 Å². The summed E-state index contributed by atoms with van der Waals surface area (Å²) in [4.78, 5) is 17.2. The smallest absolute Gasteiger partial charge is 0.253 e. The topological polar surface area (TPSA) is 32.8 Å². The Kier molecular flexibility index (Phi) is 6.50. The summed E-state index contributed by atoms with van der Waals surface area (Å²) >= 11 is 0. The van der Waals surface area contributed by atoms with Crippen LogP contribution >= 0.6 is 0 Å². The molecule has 2 aliphatic rings. The predicted octanol–water partition coefficient (Wildman–Crippen LogP) is 4.32. The highest BCUT2D eigenvalue weighted by Crippen LogP contribution is 2.24. The van der Waals surface area contributed by atoms with Gasteiger partial charge in [-0.05, 0) is 68.4 Å². The Bertz CT molecular complexity index is 787. The van der Waals surface area contributed by atoms with Gasteiger partial charge in [-0.2, -0.15) is 0 Å². The number of carbonyl (C=O) groups is 1. The minimum atomic E-state index is 0.176. The highest BCUT2D eigenvalue weighted by Gasteiger charge is 2.23. The van der Waals surface area contributed by atoms with E-state index in [4.69, 9.17) is 4.74 Å². The molecular weight excluding hydrogens is 360 g/mol. The number of rotatable bonds is 5. The maximum absolute atomic E-state index is 12.9. The van der Waals surface area contributed by atoms with Crippen LogP contribution in [0.2, 0.25) is 0 Å². The van der Waals surface area contributed by atoms with Crippen LogP contribution in [0.3, 0.4) is 0 Å². The Morgan fingerprint density at radius 3 is 2.24 bits per heavy atom. The largest absolute Gasteiger partial charge is 0.378 e. The zero-order valence-corrected chi connectivity index (χ0v) is 17.5. The van der Waals surface area contributed by atoms with Gasteiger partial charge in [-0.3, -0.25) is 4.79 Å². The van der Waals surface area contributed by atoms with Gasteiger partial charge in [0, 0.05) is 37.4 Å². The van der Waals surface area contributed by atoms with Gasteiger partial charge in [0.05, 0.1) is 13.2 Å². The third kappa shape index (κ3) is 5.18. The van der Waals surface area contributed by atoms with Crippen molar-refractivity contribution < 1.29 is 9.53 Å². The lowest BCUT2D eigenvalue weighted by molar-refractivity contribution is 0.0687. The van der Waals surface area contributed by atoms with Crippen LogP contribution in [-0.4, -0.2) is 50.2 Å². The van der Waals surface area contributed by atoms with Crippen molar-refractivity contribution in [3.63, 3.8) is 0 Å². The minimum Gasteiger partial charge on any atom is -0.378 e. The Labute approximate surface area is 174 Å². The quantitative estimate of drug-likeness (QED) is 0.760. The predicted molar refractivity (Wildman–Crippen MR) is 118 cm³/mol. The van der Waals surface area contributed by atoms with E-state index in [1.54, 1.807) is 0 Å². The van der Waals surface area contributed by atoms with Crippen LogP contribution in [0.15, 0.2) is 48.5 Å². The molecule has 4 rings (SSSR count). The van der Waals surface area contributed by atoms with Crippen LogP contribution in [-0.2, 0) is 11.2 Å². The van der Waals surface area contributed by atoms with Gasteiger partial charge in [0.1, 0.15) is 0 Å². The molecule has 2 saturated heterocycles. The SMILES string of the molecule is Cc1ccc(CCC2CCN(C(=O)c3ccc(N4CCOCC4)cc3)CC2)cc1. The molecule has 2 aromatic rings. The summed E-state index contributed by atoms with van der Waals surface area (Å²) in [6.45, 7) is 7.28. The average Bonchev–Trinajstić information content (AvgIpc) is 2.79. The van der Waals surface area contributed by atoms with E-state index in [0.29, 0.717) is 0 Å². The standard InChI is InChI=1S/C25H32N2O2/c1-20-2-4-21(5-3-20)6-7-22-12-14-27(15-13-22)25(28)23-8-10-24(11-9-23)26-16-18-29-19-17-26/h2-5,8-11,22H,6-7,12-19H2,1H3. The van der Waals surface area contributed by atoms with Crippen molar-refractivity contribution in [3.8, 4) is 0 Å². The number of morpholine rings is 1. The lowest BCUT2D eigenvalue weighted by Crippen LogP contribution is -2.38. The summed E-state index contributed by atoms with van der Waals surface area (Å²) in [6.07, 6.45) is 4.59. The number of likely N-dealkylation sites (tertiary alicyclic amines) is 1. The fraction of sp³-hybridized carbons (Fsp3) is 0.480. The molecule has 0 N–H and O–H groups in total. The molecule has 4 nitrogen and oxygen atoms in total. The number of piperidine rings is 1. The second kappa shape index (κ2) is 9.45. The number of nitrogens with zero attached hydrogens (tertiary/aromatic N) is 2. The first-order valence-electron chi connectivity index (χ1n) is 11.0. The van der Waals surface area contributed by atoms with E-state index in [1.807, 2.05) is 17.0 Å². The van der Waals surface area contributed by atoms with Crippen molar-refractivity contribution in [3.05, 3.63) is 65.2 Å². The van der Waals surface area contributed by atoms with E-state index < -0.39 is 0 Å². The number of amides is 1. The van der Waals surface area contributed by atoms with E-state index in [-0.39, 0.29) is 5.91 Å². The molecule has 154 valence electrons. The molecule has 0 bridgehead atoms. The van der Waals surface area contributed by atoms with Crippen LogP contribution in [0.4, 0.5) is 5.69 Å². The minimum absolute atomic E-state index is 0.176. The number of benzene rings is 2. The second-order valence-electron chi connectivity index (χ2n) is 8.41. The van der Waals surface area contributed by atoms with Crippen LogP contribution in [0.5, 0.6) is 0 Å². The first-order chi connectivity index (χ1) is 14.2. The summed E-state index contributed by atoms with van der Waals surface area (Å²) in [5.74, 6) is 0.902. The van der Waals surface area contributed by atoms with Crippen LogP contribution < -0.4 is 4.90 Å². The summed E-state index contributed by atoms with van der Waals surface area (Å²) < 4.78 is 5.42. The fourth-order valence-electron chi connectivity index (χ4n) is 4.37. The molecule has 0 spiro atoms. The molecule has 2 fully saturated rings. The van der Waals surface area contributed by atoms with E-state index >= 15 is 0 Å². The zero-order valence-electron chi connectivity index (χ0n) is 17.5. The second-order valence-corrected chi connectivity index (χ2v) is 8.41. The summed E-state index contributed by atoms with van der Waals surface area (Å²) in [5.41, 5.74) is 4.73. The molecule has 0 saturated carbocycles. The molecule has 0 atom stereocenters. The van der Waals surface area contributed by atoms with Crippen molar-refractivity contribution in [2.45, 2.75) is 32.6 Å². The highest BCUT2D eigenvalue weighted by molar-refractivity contribution is 5.94. The lowest BCUT2D eigenvalue weighted by Gasteiger charge is -2.32. The summed E-state index contributed by atoms with van der Waals surface area (Å²) in [5, 5.41) is 0. The Morgan fingerprint density at radius 2 is 1.59 bits per heavy atom. The number of ether oxygens (including phenoxy) is 1. The van der Waals surface area contributed by atoms with E-state index in [1.165, 1.54) is 23.2 Å². The van der Waals surface area contributed by atoms with E-state index in [9.17, 15) is 4.79 Å². The van der Waals surface area contributed by atoms with Crippen molar-refractivity contribution in [1.82, 2.24) is 4.90 Å². The number of carbonyl (C=O) groups excluding carboxylic acids is 1. The van der Waals surface area contributed by atoms with Crippen LogP contribution in [0.25, 0.3) is 0 Å². The van der Waals surface area contributed by atoms with Gasteiger partial charge in [0.15, 0.2) is 0 Å². The van der Waals surface area contributed by atoms with Gasteiger partial charge in [-0.15, -0.1) is 0 Å². The molecule has 29 heavy (non-hydrogen) atoms. The first kappa shape index (κ1) is 20.0. The molecule has 2 aromatic carbocycles. The maximum atomic E-state index is 12.9. The number of anilines is 1. The number of aryl methyl sites for hydroxylation is 2. The van der Waals surface area contributed by atoms with Crippen LogP contribution in [0, 0.1) is 12.8 Å². The molecule has 4 heteroatoms. The molecule has 0 unspecified atom stereocenters. The van der Waals surface area contributed by atoms with Gasteiger partial charge in [0.2, 0.25) is 0 Å². The fourth-order valence-corrected chi connectivity index (χ4v) is 4.37. The van der Waals surface area contributed by atoms with Crippen molar-refractivity contribution in [2.24, 2.45) is 5.92 Å². The summed E-state index contributed by atoms with van der Waals surface area (Å²) in [7, 11) is 0. The molecular formula is C25H32N2O2. The maximum Gasteiger partial charge on any atom is 0.253 e. The average molecular weight is 393 g/mol. The van der Waals surface area contributed by atoms with E-state index in [0.717, 1.165) is 70.1 Å². The monoisotopic (exact) mass is 392 g/mol. The molecule has 2 heterocycles. The van der Waals surface area contributed by atoms with Gasteiger partial charge >= 0.3 is 0 Å². The highest BCUT2D eigenvalue weighted by atomic mass is 16.5. The lowest BCUT2D eigenvalue weighted by atomic mass is 9.90. The number of hydrogen-bond donors (Lipinski definition) is 0. The molecule has 0 aliphatic carbocycles. The van der Waals surface area contributed by atoms with Gasteiger partial charge in [0.25, 0.3) is 5.91 Å². The third-order valence-electron chi connectivity index (χ3n) is 6.35. The normalized spacial score (nSPS) is 18.1. The van der Waals surface area contributed by atoms with Crippen molar-refractivity contribution in [1.29, 1.82) is 0 Å². The molecule has 1 amide bonds. The first-order valence-corrected chi connectivity index (χ1v) is 11.0. The Balaban J connectivity index is 1.25. The van der Waals surface area contributed by atoms with Crippen molar-refractivity contribution in [2.75, 3.05) is 44.3 Å². The van der Waals surface area contributed by atoms with Gasteiger partial charge in [-0.1, -0.05) is 29.8 Å². The summed E-state index contributed by atoms with van der Waals surface area (Å²) in [6, 6.07) is 17.0. The van der Waals surface area contributed by atoms with Crippen molar-refractivity contribution >= 4 is 11.6 Å². The molecule has 0 radical (unpaired) electrons. The zero-order chi connectivity index (χ0) is 20.1. The third-order valence-corrected chi connectivity index (χ3v) is 6.35. The van der Waals surface area contributed by atoms with Gasteiger partial charge < -0.3 is 14.5 Å². The Morgan fingerprint density at radius 1 is 0.931 bits per heavy atom. The molecule has 2 aliphatic heterocycles.